The molecule has 6 heteroatoms. The molecular formula is C24H28N2O4. The minimum Gasteiger partial charge on any atom is -0.489 e. The zero-order valence-corrected chi connectivity index (χ0v) is 17.8. The lowest BCUT2D eigenvalue weighted by atomic mass is 9.85. The van der Waals surface area contributed by atoms with Crippen LogP contribution in [0.5, 0.6) is 5.75 Å². The van der Waals surface area contributed by atoms with Crippen molar-refractivity contribution < 1.29 is 19.4 Å². The second-order valence-corrected chi connectivity index (χ2v) is 8.52. The van der Waals surface area contributed by atoms with E-state index in [0.717, 1.165) is 16.9 Å². The van der Waals surface area contributed by atoms with Crippen LogP contribution >= 0.6 is 0 Å². The van der Waals surface area contributed by atoms with E-state index < -0.39 is 17.4 Å². The fourth-order valence-corrected chi connectivity index (χ4v) is 3.57. The van der Waals surface area contributed by atoms with E-state index in [1.165, 1.54) is 4.90 Å². The summed E-state index contributed by atoms with van der Waals surface area (Å²) < 4.78 is 5.92. The number of nitrogens with zero attached hydrogens (tertiary/aromatic N) is 2. The van der Waals surface area contributed by atoms with Crippen molar-refractivity contribution >= 4 is 17.7 Å². The van der Waals surface area contributed by atoms with Gasteiger partial charge in [0.1, 0.15) is 18.4 Å². The van der Waals surface area contributed by atoms with Crippen molar-refractivity contribution in [3.05, 3.63) is 71.9 Å². The highest BCUT2D eigenvalue weighted by atomic mass is 16.5. The van der Waals surface area contributed by atoms with Gasteiger partial charge in [-0.3, -0.25) is 9.80 Å². The first-order chi connectivity index (χ1) is 14.2. The summed E-state index contributed by atoms with van der Waals surface area (Å²) in [6, 6.07) is 14.2. The number of anilines is 1. The van der Waals surface area contributed by atoms with Gasteiger partial charge in [-0.15, -0.1) is 0 Å². The SMILES string of the molecule is Cc1cc(N2CC=CN(C(C(=O)O)C(C)(C)C)C2=O)ccc1OCc1ccccc1. The summed E-state index contributed by atoms with van der Waals surface area (Å²) in [5, 5.41) is 9.71. The first-order valence-corrected chi connectivity index (χ1v) is 9.95. The first kappa shape index (κ1) is 21.4. The lowest BCUT2D eigenvalue weighted by Gasteiger charge is -2.40. The third kappa shape index (κ3) is 4.64. The van der Waals surface area contributed by atoms with Gasteiger partial charge in [-0.05, 0) is 47.7 Å². The highest BCUT2D eigenvalue weighted by molar-refractivity contribution is 5.96. The Morgan fingerprint density at radius 1 is 1.17 bits per heavy atom. The quantitative estimate of drug-likeness (QED) is 0.743. The van der Waals surface area contributed by atoms with Gasteiger partial charge in [-0.25, -0.2) is 9.59 Å². The Morgan fingerprint density at radius 2 is 1.87 bits per heavy atom. The highest BCUT2D eigenvalue weighted by Crippen LogP contribution is 2.31. The molecular weight excluding hydrogens is 380 g/mol. The molecule has 30 heavy (non-hydrogen) atoms. The maximum absolute atomic E-state index is 13.1. The van der Waals surface area contributed by atoms with Crippen LogP contribution in [0.3, 0.4) is 0 Å². The van der Waals surface area contributed by atoms with E-state index in [9.17, 15) is 14.7 Å². The molecule has 1 N–H and O–H groups in total. The molecule has 0 aromatic heterocycles. The number of rotatable bonds is 6. The molecule has 158 valence electrons. The van der Waals surface area contributed by atoms with Crippen LogP contribution in [0.4, 0.5) is 10.5 Å². The summed E-state index contributed by atoms with van der Waals surface area (Å²) >= 11 is 0. The van der Waals surface area contributed by atoms with Crippen LogP contribution in [-0.2, 0) is 11.4 Å². The van der Waals surface area contributed by atoms with Crippen LogP contribution in [0, 0.1) is 12.3 Å². The van der Waals surface area contributed by atoms with E-state index in [1.54, 1.807) is 17.2 Å². The number of benzene rings is 2. The fourth-order valence-electron chi connectivity index (χ4n) is 3.57. The molecule has 2 aromatic rings. The van der Waals surface area contributed by atoms with Gasteiger partial charge in [0.05, 0.1) is 0 Å². The van der Waals surface area contributed by atoms with Crippen LogP contribution in [0.2, 0.25) is 0 Å². The van der Waals surface area contributed by atoms with Gasteiger partial charge in [-0.1, -0.05) is 51.1 Å². The maximum Gasteiger partial charge on any atom is 0.329 e. The van der Waals surface area contributed by atoms with Crippen LogP contribution < -0.4 is 9.64 Å². The normalized spacial score (nSPS) is 15.3. The van der Waals surface area contributed by atoms with E-state index in [1.807, 2.05) is 76.2 Å². The molecule has 2 amide bonds. The molecule has 0 spiro atoms. The van der Waals surface area contributed by atoms with Gasteiger partial charge in [-0.2, -0.15) is 0 Å². The molecule has 3 rings (SSSR count). The number of amides is 2. The van der Waals surface area contributed by atoms with Crippen molar-refractivity contribution in [1.29, 1.82) is 0 Å². The van der Waals surface area contributed by atoms with Crippen molar-refractivity contribution in [2.45, 2.75) is 40.3 Å². The second kappa shape index (κ2) is 8.61. The molecule has 6 nitrogen and oxygen atoms in total. The summed E-state index contributed by atoms with van der Waals surface area (Å²) in [7, 11) is 0. The minimum atomic E-state index is -1.02. The molecule has 0 radical (unpaired) electrons. The number of urea groups is 1. The Balaban J connectivity index is 1.78. The molecule has 2 aromatic carbocycles. The molecule has 0 aliphatic carbocycles. The van der Waals surface area contributed by atoms with E-state index >= 15 is 0 Å². The summed E-state index contributed by atoms with van der Waals surface area (Å²) in [6.45, 7) is 8.22. The number of carbonyl (C=O) groups excluding carboxylic acids is 1. The second-order valence-electron chi connectivity index (χ2n) is 8.52. The number of aryl methyl sites for hydroxylation is 1. The van der Waals surface area contributed by atoms with Gasteiger partial charge in [0.15, 0.2) is 0 Å². The number of carbonyl (C=O) groups is 2. The molecule has 1 aliphatic heterocycles. The number of carboxylic acids is 1. The summed E-state index contributed by atoms with van der Waals surface area (Å²) in [5.74, 6) is -0.277. The van der Waals surface area contributed by atoms with E-state index in [0.29, 0.717) is 18.8 Å². The monoisotopic (exact) mass is 408 g/mol. The van der Waals surface area contributed by atoms with Gasteiger partial charge >= 0.3 is 12.0 Å². The molecule has 0 saturated carbocycles. The Labute approximate surface area is 177 Å². The molecule has 0 saturated heterocycles. The van der Waals surface area contributed by atoms with E-state index in [4.69, 9.17) is 4.74 Å². The van der Waals surface area contributed by atoms with Crippen LogP contribution in [0.25, 0.3) is 0 Å². The van der Waals surface area contributed by atoms with Gasteiger partial charge < -0.3 is 9.84 Å². The third-order valence-corrected chi connectivity index (χ3v) is 5.05. The highest BCUT2D eigenvalue weighted by Gasteiger charge is 2.41. The Morgan fingerprint density at radius 3 is 2.47 bits per heavy atom. The predicted molar refractivity (Wildman–Crippen MR) is 117 cm³/mol. The summed E-state index contributed by atoms with van der Waals surface area (Å²) in [4.78, 5) is 27.9. The zero-order valence-electron chi connectivity index (χ0n) is 17.8. The average Bonchev–Trinajstić information content (AvgIpc) is 2.68. The number of carboxylic acid groups (broad SMARTS) is 1. The molecule has 0 bridgehead atoms. The van der Waals surface area contributed by atoms with Gasteiger partial charge in [0.25, 0.3) is 0 Å². The fraction of sp³-hybridized carbons (Fsp3) is 0.333. The smallest absolute Gasteiger partial charge is 0.329 e. The summed E-state index contributed by atoms with van der Waals surface area (Å²) in [5.41, 5.74) is 2.08. The molecule has 1 unspecified atom stereocenters. The third-order valence-electron chi connectivity index (χ3n) is 5.05. The Kier molecular flexibility index (Phi) is 6.15. The number of ether oxygens (including phenoxy) is 1. The standard InChI is InChI=1S/C24H28N2O4/c1-17-15-19(11-12-20(17)30-16-18-9-6-5-7-10-18)25-13-8-14-26(23(25)29)21(22(27)28)24(2,3)4/h5-12,14-15,21H,13,16H2,1-4H3,(H,27,28). The van der Waals surface area contributed by atoms with Crippen molar-refractivity contribution in [1.82, 2.24) is 4.90 Å². The molecule has 0 fully saturated rings. The summed E-state index contributed by atoms with van der Waals surface area (Å²) in [6.07, 6.45) is 3.38. The van der Waals surface area contributed by atoms with Crippen LogP contribution in [0.15, 0.2) is 60.8 Å². The van der Waals surface area contributed by atoms with Crippen molar-refractivity contribution in [3.8, 4) is 5.75 Å². The van der Waals surface area contributed by atoms with Crippen molar-refractivity contribution in [2.75, 3.05) is 11.4 Å². The lowest BCUT2D eigenvalue weighted by molar-refractivity contribution is -0.145. The zero-order chi connectivity index (χ0) is 21.9. The van der Waals surface area contributed by atoms with Crippen LogP contribution in [0.1, 0.15) is 31.9 Å². The van der Waals surface area contributed by atoms with Crippen molar-refractivity contribution in [2.24, 2.45) is 5.41 Å². The predicted octanol–water partition coefficient (Wildman–Crippen LogP) is 4.83. The Bertz CT molecular complexity index is 947. The Hall–Kier alpha value is -3.28. The topological polar surface area (TPSA) is 70.1 Å². The van der Waals surface area contributed by atoms with E-state index in [-0.39, 0.29) is 6.03 Å². The van der Waals surface area contributed by atoms with Gasteiger partial charge in [0, 0.05) is 18.4 Å². The lowest BCUT2D eigenvalue weighted by Crippen LogP contribution is -2.55. The number of hydrogen-bond acceptors (Lipinski definition) is 3. The maximum atomic E-state index is 13.1. The number of aliphatic carboxylic acids is 1. The van der Waals surface area contributed by atoms with Gasteiger partial charge in [0.2, 0.25) is 0 Å². The number of hydrogen-bond donors (Lipinski definition) is 1. The molecule has 1 heterocycles. The molecule has 1 atom stereocenters. The largest absolute Gasteiger partial charge is 0.489 e. The first-order valence-electron chi connectivity index (χ1n) is 9.95. The van der Waals surface area contributed by atoms with Crippen LogP contribution in [-0.4, -0.2) is 34.6 Å². The average molecular weight is 408 g/mol. The van der Waals surface area contributed by atoms with Crippen molar-refractivity contribution in [3.63, 3.8) is 0 Å². The minimum absolute atomic E-state index is 0.350. The van der Waals surface area contributed by atoms with E-state index in [2.05, 4.69) is 0 Å². The molecule has 1 aliphatic rings.